The maximum absolute atomic E-state index is 14.7. The van der Waals surface area contributed by atoms with Gasteiger partial charge in [0, 0.05) is 40.3 Å². The van der Waals surface area contributed by atoms with Crippen molar-refractivity contribution in [2.75, 3.05) is 50.3 Å². The first-order chi connectivity index (χ1) is 24.6. The van der Waals surface area contributed by atoms with E-state index in [1.807, 2.05) is 36.4 Å². The fraction of sp³-hybridized carbons (Fsp3) is 0.643. The number of hydrogen-bond acceptors (Lipinski definition) is 6. The third kappa shape index (κ3) is 12.9. The lowest BCUT2D eigenvalue weighted by Gasteiger charge is -2.33. The summed E-state index contributed by atoms with van der Waals surface area (Å²) >= 11 is 0. The van der Waals surface area contributed by atoms with Crippen LogP contribution in [0, 0.1) is 0 Å². The Kier molecular flexibility index (Phi) is 18.6. The first kappa shape index (κ1) is 42.5. The van der Waals surface area contributed by atoms with Crippen LogP contribution in [0.1, 0.15) is 152 Å². The minimum Gasteiger partial charge on any atom is -0.494 e. The second kappa shape index (κ2) is 22.2. The summed E-state index contributed by atoms with van der Waals surface area (Å²) in [6, 6.07) is 11.3. The second-order valence-corrected chi connectivity index (χ2v) is 15.9. The molecule has 3 aromatic rings. The van der Waals surface area contributed by atoms with Crippen LogP contribution in [0.4, 0.5) is 5.69 Å². The highest BCUT2D eigenvalue weighted by molar-refractivity contribution is 7.92. The smallest absolute Gasteiger partial charge is 0.229 e. The molecule has 0 saturated heterocycles. The molecule has 8 nitrogen and oxygen atoms in total. The normalized spacial score (nSPS) is 12.6. The Hall–Kier alpha value is -2.88. The third-order valence-corrected chi connectivity index (χ3v) is 10.4. The molecule has 0 radical (unpaired) electrons. The topological polar surface area (TPSA) is 94.7 Å². The van der Waals surface area contributed by atoms with Gasteiger partial charge in [-0.3, -0.25) is 14.4 Å². The average molecular weight is 725 g/mol. The van der Waals surface area contributed by atoms with Crippen LogP contribution in [0.3, 0.4) is 0 Å². The number of aromatic nitrogens is 1. The Morgan fingerprint density at radius 2 is 1.33 bits per heavy atom. The lowest BCUT2D eigenvalue weighted by molar-refractivity contribution is 0.103. The molecule has 2 N–H and O–H groups in total. The minimum atomic E-state index is -3.57. The molecular formula is C42H68N4O4S. The number of ether oxygens (including phenoxy) is 1. The van der Waals surface area contributed by atoms with E-state index in [1.165, 1.54) is 31.9 Å². The van der Waals surface area contributed by atoms with Gasteiger partial charge in [-0.05, 0) is 114 Å². The van der Waals surface area contributed by atoms with E-state index in [0.717, 1.165) is 118 Å². The van der Waals surface area contributed by atoms with Crippen molar-refractivity contribution in [3.05, 3.63) is 58.8 Å². The van der Waals surface area contributed by atoms with Gasteiger partial charge < -0.3 is 14.6 Å². The van der Waals surface area contributed by atoms with Crippen LogP contribution in [-0.2, 0) is 16.4 Å². The maximum atomic E-state index is 14.7. The number of nitrogens with zero attached hydrogens (tertiary/aromatic N) is 2. The standard InChI is InChI=1S/C42H68N4O4S/c1-8-14-20-35-41(42(47)33-21-23-34(24-22-33)50-32-19-29-45(27-15-9-2)28-16-10-3)40-36(43-35)25-26-37(44-51(7,48)49)39(40)38(13-6)46(30-17-11-4)31-18-12-5/h21-26,38,43-44H,8-20,27-32H2,1-7H3. The molecule has 0 aliphatic heterocycles. The van der Waals surface area contributed by atoms with Gasteiger partial charge in [-0.15, -0.1) is 0 Å². The van der Waals surface area contributed by atoms with E-state index in [-0.39, 0.29) is 11.8 Å². The van der Waals surface area contributed by atoms with Gasteiger partial charge in [-0.1, -0.05) is 73.6 Å². The van der Waals surface area contributed by atoms with Crippen molar-refractivity contribution < 1.29 is 17.9 Å². The fourth-order valence-corrected chi connectivity index (χ4v) is 7.59. The molecule has 0 saturated carbocycles. The monoisotopic (exact) mass is 724 g/mol. The van der Waals surface area contributed by atoms with Crippen molar-refractivity contribution >= 4 is 32.4 Å². The van der Waals surface area contributed by atoms with E-state index in [9.17, 15) is 13.2 Å². The Labute approximate surface area is 310 Å². The van der Waals surface area contributed by atoms with Gasteiger partial charge in [-0.25, -0.2) is 8.42 Å². The number of unbranched alkanes of at least 4 members (excludes halogenated alkanes) is 5. The van der Waals surface area contributed by atoms with Crippen molar-refractivity contribution in [3.63, 3.8) is 0 Å². The molecule has 0 spiro atoms. The molecule has 0 aliphatic carbocycles. The number of H-pyrrole nitrogens is 1. The quantitative estimate of drug-likeness (QED) is 0.0601. The van der Waals surface area contributed by atoms with Gasteiger partial charge in [0.25, 0.3) is 0 Å². The van der Waals surface area contributed by atoms with E-state index < -0.39 is 10.0 Å². The summed E-state index contributed by atoms with van der Waals surface area (Å²) in [5.74, 6) is 0.710. The summed E-state index contributed by atoms with van der Waals surface area (Å²) in [6.45, 7) is 19.0. The zero-order valence-corrected chi connectivity index (χ0v) is 33.7. The van der Waals surface area contributed by atoms with E-state index in [0.29, 0.717) is 23.4 Å². The van der Waals surface area contributed by atoms with Crippen molar-refractivity contribution in [1.82, 2.24) is 14.8 Å². The van der Waals surface area contributed by atoms with Crippen LogP contribution < -0.4 is 9.46 Å². The summed E-state index contributed by atoms with van der Waals surface area (Å²) < 4.78 is 34.4. The molecule has 0 amide bonds. The highest BCUT2D eigenvalue weighted by Gasteiger charge is 2.30. The van der Waals surface area contributed by atoms with Crippen LogP contribution >= 0.6 is 0 Å². The first-order valence-corrected chi connectivity index (χ1v) is 21.9. The van der Waals surface area contributed by atoms with Crippen LogP contribution in [-0.4, -0.2) is 74.6 Å². The third-order valence-electron chi connectivity index (χ3n) is 9.80. The molecule has 3 rings (SSSR count). The number of carbonyl (C=O) groups excluding carboxylic acids is 1. The van der Waals surface area contributed by atoms with Crippen molar-refractivity contribution in [2.24, 2.45) is 0 Å². The van der Waals surface area contributed by atoms with Crippen molar-refractivity contribution in [2.45, 2.75) is 131 Å². The number of aryl methyl sites for hydroxylation is 1. The summed E-state index contributed by atoms with van der Waals surface area (Å²) in [5, 5.41) is 0.834. The maximum Gasteiger partial charge on any atom is 0.229 e. The Balaban J connectivity index is 2.03. The van der Waals surface area contributed by atoms with Crippen LogP contribution in [0.5, 0.6) is 5.75 Å². The molecule has 0 fully saturated rings. The molecular weight excluding hydrogens is 657 g/mol. The minimum absolute atomic E-state index is 0.0531. The number of aromatic amines is 1. The van der Waals surface area contributed by atoms with Crippen LogP contribution in [0.2, 0.25) is 0 Å². The summed E-state index contributed by atoms with van der Waals surface area (Å²) in [5.41, 5.74) is 4.48. The van der Waals surface area contributed by atoms with Gasteiger partial charge in [0.05, 0.1) is 24.1 Å². The van der Waals surface area contributed by atoms with E-state index in [2.05, 4.69) is 61.0 Å². The van der Waals surface area contributed by atoms with Gasteiger partial charge in [-0.2, -0.15) is 0 Å². The van der Waals surface area contributed by atoms with Crippen molar-refractivity contribution in [3.8, 4) is 5.75 Å². The number of hydrogen-bond donors (Lipinski definition) is 2. The average Bonchev–Trinajstić information content (AvgIpc) is 3.49. The molecule has 1 atom stereocenters. The lowest BCUT2D eigenvalue weighted by Crippen LogP contribution is -2.31. The first-order valence-electron chi connectivity index (χ1n) is 20.0. The SMILES string of the molecule is CCCCc1[nH]c2ccc(NS(C)(=O)=O)c(C(CC)N(CCCC)CCCC)c2c1C(=O)c1ccc(OCCCN(CCCC)CCCC)cc1. The molecule has 1 heterocycles. The fourth-order valence-electron chi connectivity index (χ4n) is 7.01. The Bertz CT molecular complexity index is 1550. The van der Waals surface area contributed by atoms with Gasteiger partial charge in [0.15, 0.2) is 5.78 Å². The van der Waals surface area contributed by atoms with E-state index in [4.69, 9.17) is 4.74 Å². The Morgan fingerprint density at radius 1 is 0.765 bits per heavy atom. The van der Waals surface area contributed by atoms with Crippen LogP contribution in [0.25, 0.3) is 10.9 Å². The highest BCUT2D eigenvalue weighted by atomic mass is 32.2. The summed E-state index contributed by atoms with van der Waals surface area (Å²) in [7, 11) is -3.57. The number of sulfonamides is 1. The molecule has 51 heavy (non-hydrogen) atoms. The van der Waals surface area contributed by atoms with Gasteiger partial charge in [0.2, 0.25) is 10.0 Å². The summed E-state index contributed by atoms with van der Waals surface area (Å²) in [6.07, 6.45) is 14.7. The zero-order chi connectivity index (χ0) is 37.2. The highest BCUT2D eigenvalue weighted by Crippen LogP contribution is 2.41. The number of benzene rings is 2. The molecule has 1 unspecified atom stereocenters. The summed E-state index contributed by atoms with van der Waals surface area (Å²) in [4.78, 5) is 23.4. The number of nitrogens with one attached hydrogen (secondary N) is 2. The second-order valence-electron chi connectivity index (χ2n) is 14.2. The molecule has 2 aromatic carbocycles. The molecule has 0 bridgehead atoms. The number of ketones is 1. The van der Waals surface area contributed by atoms with Gasteiger partial charge >= 0.3 is 0 Å². The molecule has 286 valence electrons. The predicted octanol–water partition coefficient (Wildman–Crippen LogP) is 10.1. The van der Waals surface area contributed by atoms with Crippen LogP contribution in [0.15, 0.2) is 36.4 Å². The Morgan fingerprint density at radius 3 is 1.88 bits per heavy atom. The lowest BCUT2D eigenvalue weighted by atomic mass is 9.90. The largest absolute Gasteiger partial charge is 0.494 e. The molecule has 0 aliphatic rings. The van der Waals surface area contributed by atoms with E-state index in [1.54, 1.807) is 0 Å². The number of rotatable bonds is 27. The van der Waals surface area contributed by atoms with E-state index >= 15 is 0 Å². The number of anilines is 1. The van der Waals surface area contributed by atoms with Crippen molar-refractivity contribution in [1.29, 1.82) is 0 Å². The zero-order valence-electron chi connectivity index (χ0n) is 32.9. The molecule has 9 heteroatoms. The molecule has 1 aromatic heterocycles. The van der Waals surface area contributed by atoms with Gasteiger partial charge in [0.1, 0.15) is 5.75 Å². The number of carbonyl (C=O) groups is 1. The number of fused-ring (bicyclic) bond motifs is 1. The predicted molar refractivity (Wildman–Crippen MR) is 216 cm³/mol.